The van der Waals surface area contributed by atoms with Crippen molar-refractivity contribution in [2.45, 2.75) is 58.2 Å². The van der Waals surface area contributed by atoms with E-state index in [0.717, 1.165) is 34.5 Å². The molecule has 1 saturated heterocycles. The Hall–Kier alpha value is -2.21. The number of amides is 1. The Kier molecular flexibility index (Phi) is 5.71. The molecule has 2 heterocycles. The second kappa shape index (κ2) is 7.99. The van der Waals surface area contributed by atoms with E-state index in [0.29, 0.717) is 0 Å². The Morgan fingerprint density at radius 2 is 1.96 bits per heavy atom. The second-order valence-electron chi connectivity index (χ2n) is 6.81. The molecule has 1 amide bonds. The van der Waals surface area contributed by atoms with Crippen molar-refractivity contribution in [1.29, 1.82) is 0 Å². The summed E-state index contributed by atoms with van der Waals surface area (Å²) in [4.78, 5) is 31.1. The predicted octanol–water partition coefficient (Wildman–Crippen LogP) is 4.03. The Morgan fingerprint density at radius 3 is 2.65 bits per heavy atom. The van der Waals surface area contributed by atoms with Crippen LogP contribution < -0.4 is 0 Å². The summed E-state index contributed by atoms with van der Waals surface area (Å²) in [5, 5.41) is 0.736. The van der Waals surface area contributed by atoms with E-state index in [2.05, 4.69) is 18.8 Å². The molecule has 0 aliphatic carbocycles. The Bertz CT molecular complexity index is 786. The molecule has 1 aromatic heterocycles. The third kappa shape index (κ3) is 4.12. The van der Waals surface area contributed by atoms with Crippen LogP contribution in [0.5, 0.6) is 0 Å². The molecule has 0 bridgehead atoms. The maximum Gasteiger partial charge on any atom is 0.331 e. The van der Waals surface area contributed by atoms with E-state index in [9.17, 15) is 9.59 Å². The van der Waals surface area contributed by atoms with Crippen LogP contribution in [0.25, 0.3) is 16.3 Å². The van der Waals surface area contributed by atoms with Crippen molar-refractivity contribution >= 4 is 39.5 Å². The molecule has 1 fully saturated rings. The summed E-state index contributed by atoms with van der Waals surface area (Å²) in [5.74, 6) is -0.645. The van der Waals surface area contributed by atoms with E-state index < -0.39 is 12.1 Å². The molecule has 1 aliphatic heterocycles. The maximum atomic E-state index is 12.7. The lowest BCUT2D eigenvalue weighted by atomic mass is 9.97. The van der Waals surface area contributed by atoms with E-state index in [1.807, 2.05) is 29.2 Å². The minimum atomic E-state index is -0.787. The summed E-state index contributed by atoms with van der Waals surface area (Å²) in [7, 11) is 0. The van der Waals surface area contributed by atoms with Crippen LogP contribution in [0.4, 0.5) is 0 Å². The number of hydrogen-bond donors (Lipinski definition) is 0. The normalized spacial score (nSPS) is 21.9. The van der Waals surface area contributed by atoms with E-state index in [1.165, 1.54) is 17.4 Å². The number of carbonyl (C=O) groups excluding carboxylic acids is 2. The van der Waals surface area contributed by atoms with E-state index >= 15 is 0 Å². The first-order valence-electron chi connectivity index (χ1n) is 9.02. The molecule has 0 radical (unpaired) electrons. The average Bonchev–Trinajstić information content (AvgIpc) is 3.02. The van der Waals surface area contributed by atoms with Crippen LogP contribution in [0.2, 0.25) is 0 Å². The van der Waals surface area contributed by atoms with Crippen LogP contribution >= 0.6 is 11.3 Å². The summed E-state index contributed by atoms with van der Waals surface area (Å²) < 4.78 is 6.38. The van der Waals surface area contributed by atoms with Crippen LogP contribution in [-0.4, -0.2) is 39.9 Å². The zero-order valence-corrected chi connectivity index (χ0v) is 16.2. The molecule has 5 nitrogen and oxygen atoms in total. The first-order chi connectivity index (χ1) is 12.5. The largest absolute Gasteiger partial charge is 0.449 e. The monoisotopic (exact) mass is 372 g/mol. The zero-order valence-electron chi connectivity index (χ0n) is 15.3. The van der Waals surface area contributed by atoms with Crippen LogP contribution in [0.3, 0.4) is 0 Å². The summed E-state index contributed by atoms with van der Waals surface area (Å²) >= 11 is 1.51. The van der Waals surface area contributed by atoms with Crippen molar-refractivity contribution in [1.82, 2.24) is 9.88 Å². The van der Waals surface area contributed by atoms with Gasteiger partial charge in [0.15, 0.2) is 6.10 Å². The molecule has 0 N–H and O–H groups in total. The number of rotatable bonds is 4. The average molecular weight is 372 g/mol. The van der Waals surface area contributed by atoms with Crippen LogP contribution in [0, 0.1) is 0 Å². The molecule has 6 heteroatoms. The van der Waals surface area contributed by atoms with Crippen molar-refractivity contribution in [2.75, 3.05) is 0 Å². The zero-order chi connectivity index (χ0) is 18.7. The quantitative estimate of drug-likeness (QED) is 0.600. The highest BCUT2D eigenvalue weighted by Gasteiger charge is 2.32. The summed E-state index contributed by atoms with van der Waals surface area (Å²) in [6.07, 6.45) is 5.31. The molecule has 0 saturated carbocycles. The van der Waals surface area contributed by atoms with E-state index in [-0.39, 0.29) is 18.0 Å². The highest BCUT2D eigenvalue weighted by Crippen LogP contribution is 2.24. The number of ether oxygens (including phenoxy) is 1. The number of carbonyl (C=O) groups is 2. The SMILES string of the molecule is C[C@@H]1CCC[C@@H](C)N1C(=O)[C@@H](C)OC(=O)/C=C/c1nc2ccccc2s1. The van der Waals surface area contributed by atoms with Crippen molar-refractivity contribution in [3.63, 3.8) is 0 Å². The fourth-order valence-corrected chi connectivity index (χ4v) is 4.30. The number of thiazole rings is 1. The number of nitrogens with zero attached hydrogens (tertiary/aromatic N) is 2. The fourth-order valence-electron chi connectivity index (χ4n) is 3.43. The molecule has 3 rings (SSSR count). The van der Waals surface area contributed by atoms with Crippen molar-refractivity contribution in [3.8, 4) is 0 Å². The highest BCUT2D eigenvalue weighted by molar-refractivity contribution is 7.19. The number of benzene rings is 1. The molecular formula is C20H24N2O3S. The number of fused-ring (bicyclic) bond motifs is 1. The standard InChI is InChI=1S/C20H24N2O3S/c1-13-7-6-8-14(2)22(13)20(24)15(3)25-19(23)12-11-18-21-16-9-4-5-10-17(16)26-18/h4-5,9-15H,6-8H2,1-3H3/b12-11+/t13-,14-,15-/m1/s1. The van der Waals surface area contributed by atoms with Crippen molar-refractivity contribution in [3.05, 3.63) is 35.3 Å². The van der Waals surface area contributed by atoms with Gasteiger partial charge in [0.25, 0.3) is 5.91 Å². The van der Waals surface area contributed by atoms with Gasteiger partial charge < -0.3 is 9.64 Å². The van der Waals surface area contributed by atoms with Gasteiger partial charge >= 0.3 is 5.97 Å². The van der Waals surface area contributed by atoms with Crippen molar-refractivity contribution in [2.24, 2.45) is 0 Å². The summed E-state index contributed by atoms with van der Waals surface area (Å²) in [5.41, 5.74) is 0.905. The van der Waals surface area contributed by atoms with Gasteiger partial charge in [-0.2, -0.15) is 0 Å². The number of esters is 1. The molecule has 1 aromatic carbocycles. The molecule has 0 unspecified atom stereocenters. The minimum Gasteiger partial charge on any atom is -0.449 e. The lowest BCUT2D eigenvalue weighted by molar-refractivity contribution is -0.158. The van der Waals surface area contributed by atoms with Gasteiger partial charge in [-0.05, 0) is 58.2 Å². The molecular weight excluding hydrogens is 348 g/mol. The Morgan fingerprint density at radius 1 is 1.27 bits per heavy atom. The lowest BCUT2D eigenvalue weighted by Crippen LogP contribution is -2.51. The first-order valence-corrected chi connectivity index (χ1v) is 9.84. The second-order valence-corrected chi connectivity index (χ2v) is 7.87. The first kappa shape index (κ1) is 18.6. The van der Waals surface area contributed by atoms with Gasteiger partial charge in [0.1, 0.15) is 5.01 Å². The van der Waals surface area contributed by atoms with E-state index in [1.54, 1.807) is 13.0 Å². The molecule has 138 valence electrons. The fraction of sp³-hybridized carbons (Fsp3) is 0.450. The molecule has 2 aromatic rings. The Balaban J connectivity index is 1.60. The van der Waals surface area contributed by atoms with Gasteiger partial charge in [0.2, 0.25) is 0 Å². The third-order valence-electron chi connectivity index (χ3n) is 4.76. The van der Waals surface area contributed by atoms with Crippen LogP contribution in [0.1, 0.15) is 45.0 Å². The third-order valence-corrected chi connectivity index (χ3v) is 5.76. The van der Waals surface area contributed by atoms with Crippen LogP contribution in [0.15, 0.2) is 30.3 Å². The number of likely N-dealkylation sites (tertiary alicyclic amines) is 1. The molecule has 1 aliphatic rings. The van der Waals surface area contributed by atoms with Gasteiger partial charge in [-0.1, -0.05) is 12.1 Å². The summed E-state index contributed by atoms with van der Waals surface area (Å²) in [6.45, 7) is 5.74. The van der Waals surface area contributed by atoms with Gasteiger partial charge in [-0.25, -0.2) is 9.78 Å². The highest BCUT2D eigenvalue weighted by atomic mass is 32.1. The molecule has 3 atom stereocenters. The molecule has 26 heavy (non-hydrogen) atoms. The smallest absolute Gasteiger partial charge is 0.331 e. The van der Waals surface area contributed by atoms with Gasteiger partial charge in [-0.15, -0.1) is 11.3 Å². The number of hydrogen-bond acceptors (Lipinski definition) is 5. The number of aromatic nitrogens is 1. The van der Waals surface area contributed by atoms with Gasteiger partial charge in [0, 0.05) is 18.2 Å². The molecule has 0 spiro atoms. The minimum absolute atomic E-state index is 0.119. The van der Waals surface area contributed by atoms with E-state index in [4.69, 9.17) is 4.74 Å². The van der Waals surface area contributed by atoms with Crippen LogP contribution in [-0.2, 0) is 14.3 Å². The van der Waals surface area contributed by atoms with Gasteiger partial charge in [-0.3, -0.25) is 4.79 Å². The number of piperidine rings is 1. The topological polar surface area (TPSA) is 59.5 Å². The summed E-state index contributed by atoms with van der Waals surface area (Å²) in [6, 6.07) is 8.18. The predicted molar refractivity (Wildman–Crippen MR) is 104 cm³/mol. The number of para-hydroxylation sites is 1. The lowest BCUT2D eigenvalue weighted by Gasteiger charge is -2.40. The Labute approximate surface area is 157 Å². The van der Waals surface area contributed by atoms with Gasteiger partial charge in [0.05, 0.1) is 10.2 Å². The maximum absolute atomic E-state index is 12.7. The van der Waals surface area contributed by atoms with Crippen molar-refractivity contribution < 1.29 is 14.3 Å².